The number of rotatable bonds is 3. The van der Waals surface area contributed by atoms with Gasteiger partial charge in [0.2, 0.25) is 0 Å². The Kier molecular flexibility index (Phi) is 4.38. The van der Waals surface area contributed by atoms with Crippen molar-refractivity contribution < 1.29 is 24.9 Å². The van der Waals surface area contributed by atoms with Crippen molar-refractivity contribution in [3.8, 4) is 0 Å². The maximum atomic E-state index is 10.2. The van der Waals surface area contributed by atoms with Crippen LogP contribution in [0.5, 0.6) is 0 Å². The minimum Gasteiger partial charge on any atom is -0.465 e. The molecule has 0 aliphatic heterocycles. The second-order valence-electron chi connectivity index (χ2n) is 1.98. The maximum Gasteiger partial charge on any atom is 0.416 e. The Morgan fingerprint density at radius 1 is 1.33 bits per heavy atom. The van der Waals surface area contributed by atoms with Crippen molar-refractivity contribution in [2.45, 2.75) is 6.10 Å². The van der Waals surface area contributed by atoms with Crippen LogP contribution in [0.25, 0.3) is 0 Å². The number of hydrogen-bond acceptors (Lipinski definition) is 3. The molecule has 12 heavy (non-hydrogen) atoms. The average Bonchev–Trinajstić information content (AvgIpc) is 1.98. The largest absolute Gasteiger partial charge is 0.465 e. The molecular weight excluding hydrogens is 190 g/mol. The summed E-state index contributed by atoms with van der Waals surface area (Å²) in [6.45, 7) is -0.534. The van der Waals surface area contributed by atoms with E-state index in [4.69, 9.17) is 26.9 Å². The number of halogens is 1. The molecule has 0 spiro atoms. The molecule has 2 amide bonds. The van der Waals surface area contributed by atoms with Crippen LogP contribution in [0, 0.1) is 0 Å². The van der Waals surface area contributed by atoms with E-state index < -0.39 is 24.8 Å². The number of alkyl halides is 1. The lowest BCUT2D eigenvalue weighted by Crippen LogP contribution is -2.40. The summed E-state index contributed by atoms with van der Waals surface area (Å²) in [5.74, 6) is -0.211. The van der Waals surface area contributed by atoms with Crippen LogP contribution in [-0.2, 0) is 0 Å². The highest BCUT2D eigenvalue weighted by molar-refractivity contribution is 6.18. The summed E-state index contributed by atoms with van der Waals surface area (Å²) in [6.07, 6.45) is -4.43. The van der Waals surface area contributed by atoms with E-state index in [1.807, 2.05) is 0 Å². The first-order chi connectivity index (χ1) is 5.49. The van der Waals surface area contributed by atoms with Crippen molar-refractivity contribution in [1.29, 1.82) is 0 Å². The van der Waals surface area contributed by atoms with Gasteiger partial charge in [0.05, 0.1) is 18.5 Å². The molecule has 0 rings (SSSR count). The van der Waals surface area contributed by atoms with Crippen LogP contribution >= 0.6 is 11.6 Å². The van der Waals surface area contributed by atoms with E-state index in [1.165, 1.54) is 0 Å². The fourth-order valence-electron chi connectivity index (χ4n) is 0.498. The third-order valence-electron chi connectivity index (χ3n) is 1.03. The molecule has 1 atom stereocenters. The molecule has 0 aliphatic rings. The molecule has 70 valence electrons. The van der Waals surface area contributed by atoms with Crippen molar-refractivity contribution >= 4 is 23.8 Å². The van der Waals surface area contributed by atoms with Crippen molar-refractivity contribution in [2.24, 2.45) is 0 Å². The molecule has 0 aromatic heterocycles. The van der Waals surface area contributed by atoms with Gasteiger partial charge >= 0.3 is 12.2 Å². The van der Waals surface area contributed by atoms with Gasteiger partial charge in [0, 0.05) is 0 Å². The molecule has 0 radical (unpaired) electrons. The zero-order valence-electron chi connectivity index (χ0n) is 5.97. The quantitative estimate of drug-likeness (QED) is 0.563. The van der Waals surface area contributed by atoms with Gasteiger partial charge in [-0.1, -0.05) is 0 Å². The predicted molar refractivity (Wildman–Crippen MR) is 39.5 cm³/mol. The van der Waals surface area contributed by atoms with Gasteiger partial charge in [0.25, 0.3) is 0 Å². The van der Waals surface area contributed by atoms with Gasteiger partial charge in [0.15, 0.2) is 0 Å². The van der Waals surface area contributed by atoms with Gasteiger partial charge in [-0.05, 0) is 0 Å². The van der Waals surface area contributed by atoms with Crippen LogP contribution in [0.2, 0.25) is 0 Å². The molecule has 0 saturated carbocycles. The average molecular weight is 198 g/mol. The highest BCUT2D eigenvalue weighted by Gasteiger charge is 2.22. The highest BCUT2D eigenvalue weighted by Crippen LogP contribution is 1.96. The Morgan fingerprint density at radius 2 is 1.75 bits per heavy atom. The fourth-order valence-corrected chi connectivity index (χ4v) is 0.595. The topological polar surface area (TPSA) is 98.1 Å². The summed E-state index contributed by atoms with van der Waals surface area (Å²) < 4.78 is 0. The second-order valence-corrected chi connectivity index (χ2v) is 2.29. The fraction of sp³-hybridized carbons (Fsp3) is 0.600. The Balaban J connectivity index is 4.14. The number of hydrogen-bond donors (Lipinski definition) is 3. The van der Waals surface area contributed by atoms with Gasteiger partial charge < -0.3 is 15.3 Å². The molecule has 6 nitrogen and oxygen atoms in total. The normalized spacial score (nSPS) is 12.2. The lowest BCUT2D eigenvalue weighted by atomic mass is 10.4. The van der Waals surface area contributed by atoms with Crippen LogP contribution in [-0.4, -0.2) is 50.9 Å². The molecule has 7 heteroatoms. The zero-order valence-corrected chi connectivity index (χ0v) is 6.73. The van der Waals surface area contributed by atoms with E-state index in [2.05, 4.69) is 0 Å². The number of amides is 2. The molecule has 0 saturated heterocycles. The van der Waals surface area contributed by atoms with Gasteiger partial charge in [-0.25, -0.2) is 14.5 Å². The van der Waals surface area contributed by atoms with Gasteiger partial charge in [-0.15, -0.1) is 11.6 Å². The zero-order chi connectivity index (χ0) is 9.72. The third kappa shape index (κ3) is 3.40. The van der Waals surface area contributed by atoms with Crippen LogP contribution in [0.15, 0.2) is 0 Å². The molecule has 0 bridgehead atoms. The van der Waals surface area contributed by atoms with E-state index in [0.717, 1.165) is 0 Å². The summed E-state index contributed by atoms with van der Waals surface area (Å²) in [5.41, 5.74) is 0. The number of carboxylic acid groups (broad SMARTS) is 2. The molecule has 0 aromatic carbocycles. The number of aliphatic hydroxyl groups is 1. The third-order valence-corrected chi connectivity index (χ3v) is 1.39. The monoisotopic (exact) mass is 197 g/mol. The van der Waals surface area contributed by atoms with Crippen LogP contribution in [0.4, 0.5) is 9.59 Å². The highest BCUT2D eigenvalue weighted by atomic mass is 35.5. The summed E-state index contributed by atoms with van der Waals surface area (Å²) in [4.78, 5) is 20.4. The van der Waals surface area contributed by atoms with Gasteiger partial charge in [0.1, 0.15) is 0 Å². The Labute approximate surface area is 73.0 Å². The van der Waals surface area contributed by atoms with Crippen LogP contribution in [0.1, 0.15) is 0 Å². The van der Waals surface area contributed by atoms with Crippen LogP contribution < -0.4 is 0 Å². The lowest BCUT2D eigenvalue weighted by Gasteiger charge is -2.15. The minimum absolute atomic E-state index is 0.0625. The standard InChI is InChI=1S/C5H8ClNO5/c6-1-3(8)2-7(4(9)10)5(11)12/h3,8H,1-2H2,(H,9,10)(H,11,12). The first-order valence-electron chi connectivity index (χ1n) is 2.96. The molecule has 0 heterocycles. The van der Waals surface area contributed by atoms with E-state index in [1.54, 1.807) is 0 Å². The number of carbonyl (C=O) groups is 2. The number of imide groups is 1. The molecule has 3 N–H and O–H groups in total. The number of aliphatic hydroxyl groups excluding tert-OH is 1. The Morgan fingerprint density at radius 3 is 2.00 bits per heavy atom. The first kappa shape index (κ1) is 11.0. The van der Waals surface area contributed by atoms with Gasteiger partial charge in [-0.3, -0.25) is 0 Å². The predicted octanol–water partition coefficient (Wildman–Crippen LogP) is 0.244. The van der Waals surface area contributed by atoms with Crippen molar-refractivity contribution in [2.75, 3.05) is 12.4 Å². The SMILES string of the molecule is O=C(O)N(CC(O)CCl)C(=O)O. The van der Waals surface area contributed by atoms with Crippen molar-refractivity contribution in [1.82, 2.24) is 4.90 Å². The minimum atomic E-state index is -1.63. The maximum absolute atomic E-state index is 10.2. The second kappa shape index (κ2) is 4.78. The van der Waals surface area contributed by atoms with Crippen molar-refractivity contribution in [3.63, 3.8) is 0 Å². The van der Waals surface area contributed by atoms with E-state index in [-0.39, 0.29) is 10.8 Å². The van der Waals surface area contributed by atoms with Gasteiger partial charge in [-0.2, -0.15) is 0 Å². The van der Waals surface area contributed by atoms with E-state index in [0.29, 0.717) is 0 Å². The summed E-state index contributed by atoms with van der Waals surface area (Å²) in [6, 6.07) is 0. The van der Waals surface area contributed by atoms with E-state index in [9.17, 15) is 9.59 Å². The number of nitrogens with zero attached hydrogens (tertiary/aromatic N) is 1. The smallest absolute Gasteiger partial charge is 0.416 e. The van der Waals surface area contributed by atoms with Crippen molar-refractivity contribution in [3.05, 3.63) is 0 Å². The summed E-state index contributed by atoms with van der Waals surface area (Å²) in [5, 5.41) is 25.4. The van der Waals surface area contributed by atoms with E-state index >= 15 is 0 Å². The van der Waals surface area contributed by atoms with Crippen LogP contribution in [0.3, 0.4) is 0 Å². The molecule has 0 fully saturated rings. The lowest BCUT2D eigenvalue weighted by molar-refractivity contribution is 0.0949. The Bertz CT molecular complexity index is 171. The summed E-state index contributed by atoms with van der Waals surface area (Å²) in [7, 11) is 0. The summed E-state index contributed by atoms with van der Waals surface area (Å²) >= 11 is 5.14. The molecule has 0 aliphatic carbocycles. The molecular formula is C5H8ClNO5. The Hall–Kier alpha value is -1.01. The first-order valence-corrected chi connectivity index (χ1v) is 3.50. The molecule has 1 unspecified atom stereocenters. The molecule has 0 aromatic rings.